The maximum atomic E-state index is 8.60. The summed E-state index contributed by atoms with van der Waals surface area (Å²) in [6.45, 7) is 1.21. The molecule has 0 atom stereocenters. The number of nitrogens with zero attached hydrogens (tertiary/aromatic N) is 4. The number of nitrogens with two attached hydrogens (primary N) is 1. The zero-order chi connectivity index (χ0) is 14.1. The summed E-state index contributed by atoms with van der Waals surface area (Å²) in [4.78, 5) is 3.98. The molecule has 0 bridgehead atoms. The molecule has 7 nitrogen and oxygen atoms in total. The molecule has 20 heavy (non-hydrogen) atoms. The molecule has 0 saturated heterocycles. The van der Waals surface area contributed by atoms with E-state index >= 15 is 0 Å². The van der Waals surface area contributed by atoms with Gasteiger partial charge in [0.15, 0.2) is 0 Å². The van der Waals surface area contributed by atoms with Crippen LogP contribution in [-0.2, 0) is 13.0 Å². The van der Waals surface area contributed by atoms with Gasteiger partial charge < -0.3 is 15.7 Å². The van der Waals surface area contributed by atoms with Crippen LogP contribution in [0.1, 0.15) is 17.0 Å². The number of benzene rings is 1. The predicted molar refractivity (Wildman–Crippen MR) is 75.0 cm³/mol. The van der Waals surface area contributed by atoms with E-state index in [1.807, 2.05) is 6.07 Å². The maximum absolute atomic E-state index is 8.60. The van der Waals surface area contributed by atoms with Crippen molar-refractivity contribution in [2.75, 3.05) is 6.61 Å². The maximum Gasteiger partial charge on any atom is 0.219 e. The molecule has 0 saturated carbocycles. The number of aromatic nitrogens is 3. The second kappa shape index (κ2) is 5.12. The number of oxime groups is 1. The van der Waals surface area contributed by atoms with Gasteiger partial charge in [0.25, 0.3) is 0 Å². The molecule has 3 N–H and O–H groups in total. The fourth-order valence-electron chi connectivity index (χ4n) is 2.17. The predicted octanol–water partition coefficient (Wildman–Crippen LogP) is 1.12. The highest BCUT2D eigenvalue weighted by atomic mass is 79.9. The van der Waals surface area contributed by atoms with Crippen molar-refractivity contribution in [2.24, 2.45) is 10.9 Å². The second-order valence-corrected chi connectivity index (χ2v) is 5.32. The lowest BCUT2D eigenvalue weighted by molar-refractivity contribution is 0.318. The second-order valence-electron chi connectivity index (χ2n) is 4.40. The van der Waals surface area contributed by atoms with Crippen LogP contribution in [0.4, 0.5) is 0 Å². The molecule has 0 aliphatic carbocycles. The van der Waals surface area contributed by atoms with Crippen molar-refractivity contribution >= 4 is 21.8 Å². The summed E-state index contributed by atoms with van der Waals surface area (Å²) in [7, 11) is 0. The molecule has 1 aliphatic rings. The van der Waals surface area contributed by atoms with Gasteiger partial charge in [-0.2, -0.15) is 0 Å². The lowest BCUT2D eigenvalue weighted by atomic mass is 10.1. The quantitative estimate of drug-likeness (QED) is 0.378. The number of amidine groups is 1. The minimum atomic E-state index is -0.112. The minimum Gasteiger partial charge on any atom is -0.493 e. The number of ether oxygens (including phenoxy) is 1. The average Bonchev–Trinajstić information content (AvgIpc) is 3.06. The van der Waals surface area contributed by atoms with Crippen molar-refractivity contribution in [1.82, 2.24) is 14.8 Å². The van der Waals surface area contributed by atoms with Crippen molar-refractivity contribution in [1.29, 1.82) is 0 Å². The van der Waals surface area contributed by atoms with Gasteiger partial charge in [0.05, 0.1) is 13.2 Å². The van der Waals surface area contributed by atoms with Gasteiger partial charge in [-0.1, -0.05) is 21.1 Å². The van der Waals surface area contributed by atoms with Crippen LogP contribution in [0.5, 0.6) is 5.75 Å². The van der Waals surface area contributed by atoms with E-state index in [0.717, 1.165) is 22.2 Å². The molecule has 0 fully saturated rings. The Morgan fingerprint density at radius 2 is 2.40 bits per heavy atom. The monoisotopic (exact) mass is 337 g/mol. The summed E-state index contributed by atoms with van der Waals surface area (Å²) >= 11 is 3.50. The number of halogens is 1. The highest BCUT2D eigenvalue weighted by Gasteiger charge is 2.18. The van der Waals surface area contributed by atoms with Gasteiger partial charge in [-0.15, -0.1) is 5.10 Å². The van der Waals surface area contributed by atoms with Crippen molar-refractivity contribution in [3.05, 3.63) is 39.9 Å². The van der Waals surface area contributed by atoms with Crippen molar-refractivity contribution in [3.63, 3.8) is 0 Å². The summed E-state index contributed by atoms with van der Waals surface area (Å²) < 4.78 is 8.29. The van der Waals surface area contributed by atoms with E-state index in [1.54, 1.807) is 4.68 Å². The van der Waals surface area contributed by atoms with Crippen LogP contribution in [0, 0.1) is 0 Å². The third-order valence-electron chi connectivity index (χ3n) is 3.03. The SMILES string of the molecule is N/C(=N/O)c1ncn(Cc2cc(Br)cc3c2OCC3)n1. The summed E-state index contributed by atoms with van der Waals surface area (Å²) in [5.41, 5.74) is 7.65. The largest absolute Gasteiger partial charge is 0.493 e. The third-order valence-corrected chi connectivity index (χ3v) is 3.49. The molecule has 1 aliphatic heterocycles. The first-order chi connectivity index (χ1) is 9.67. The van der Waals surface area contributed by atoms with E-state index in [0.29, 0.717) is 13.2 Å². The van der Waals surface area contributed by atoms with Crippen LogP contribution < -0.4 is 10.5 Å². The van der Waals surface area contributed by atoms with Crippen molar-refractivity contribution in [2.45, 2.75) is 13.0 Å². The Morgan fingerprint density at radius 1 is 1.55 bits per heavy atom. The van der Waals surface area contributed by atoms with E-state index in [-0.39, 0.29) is 11.7 Å². The molecule has 1 aromatic heterocycles. The fraction of sp³-hybridized carbons (Fsp3) is 0.250. The molecule has 0 unspecified atom stereocenters. The molecule has 2 heterocycles. The van der Waals surface area contributed by atoms with E-state index < -0.39 is 0 Å². The normalized spacial score (nSPS) is 14.2. The molecular weight excluding hydrogens is 326 g/mol. The molecule has 0 spiro atoms. The van der Waals surface area contributed by atoms with E-state index in [4.69, 9.17) is 15.7 Å². The Bertz CT molecular complexity index is 682. The van der Waals surface area contributed by atoms with E-state index in [2.05, 4.69) is 37.2 Å². The molecule has 8 heteroatoms. The lowest BCUT2D eigenvalue weighted by Gasteiger charge is -2.08. The van der Waals surface area contributed by atoms with E-state index in [1.165, 1.54) is 11.9 Å². The first-order valence-corrected chi connectivity index (χ1v) is 6.78. The van der Waals surface area contributed by atoms with Crippen LogP contribution in [-0.4, -0.2) is 32.4 Å². The Kier molecular flexibility index (Phi) is 3.31. The van der Waals surface area contributed by atoms with Crippen molar-refractivity contribution < 1.29 is 9.94 Å². The minimum absolute atomic E-state index is 0.112. The Hall–Kier alpha value is -2.09. The first kappa shape index (κ1) is 12.9. The van der Waals surface area contributed by atoms with Crippen molar-refractivity contribution in [3.8, 4) is 5.75 Å². The van der Waals surface area contributed by atoms with Gasteiger partial charge in [0.1, 0.15) is 12.1 Å². The molecule has 104 valence electrons. The average molecular weight is 338 g/mol. The van der Waals surface area contributed by atoms with Gasteiger partial charge >= 0.3 is 0 Å². The summed E-state index contributed by atoms with van der Waals surface area (Å²) in [6.07, 6.45) is 2.45. The Labute approximate surface area is 123 Å². The third kappa shape index (κ3) is 2.34. The van der Waals surface area contributed by atoms with Gasteiger partial charge in [-0.25, -0.2) is 9.67 Å². The van der Waals surface area contributed by atoms with E-state index in [9.17, 15) is 0 Å². The lowest BCUT2D eigenvalue weighted by Crippen LogP contribution is -2.15. The van der Waals surface area contributed by atoms with Crippen LogP contribution in [0.15, 0.2) is 28.1 Å². The summed E-state index contributed by atoms with van der Waals surface area (Å²) in [5, 5.41) is 15.6. The molecule has 2 aromatic rings. The van der Waals surface area contributed by atoms with Crippen LogP contribution in [0.25, 0.3) is 0 Å². The number of fused-ring (bicyclic) bond motifs is 1. The number of hydrogen-bond donors (Lipinski definition) is 2. The Morgan fingerprint density at radius 3 is 3.20 bits per heavy atom. The molecular formula is C12H12BrN5O2. The van der Waals surface area contributed by atoms with Gasteiger partial charge in [-0.3, -0.25) is 0 Å². The fourth-order valence-corrected chi connectivity index (χ4v) is 2.72. The Balaban J connectivity index is 1.90. The summed E-state index contributed by atoms with van der Waals surface area (Å²) in [5.74, 6) is 0.994. The zero-order valence-corrected chi connectivity index (χ0v) is 12.0. The van der Waals surface area contributed by atoms with Crippen LogP contribution in [0.3, 0.4) is 0 Å². The molecule has 1 aromatic carbocycles. The summed E-state index contributed by atoms with van der Waals surface area (Å²) in [6, 6.07) is 4.06. The standard InChI is InChI=1S/C12H12BrN5O2/c13-9-3-7-1-2-20-10(7)8(4-9)5-18-6-15-12(16-18)11(14)17-19/h3-4,6,19H,1-2,5H2,(H2,14,17). The topological polar surface area (TPSA) is 98.6 Å². The smallest absolute Gasteiger partial charge is 0.219 e. The van der Waals surface area contributed by atoms with Crippen LogP contribution >= 0.6 is 15.9 Å². The molecule has 3 rings (SSSR count). The number of rotatable bonds is 3. The molecule has 0 radical (unpaired) electrons. The highest BCUT2D eigenvalue weighted by Crippen LogP contribution is 2.33. The number of hydrogen-bond acceptors (Lipinski definition) is 5. The van der Waals surface area contributed by atoms with Gasteiger partial charge in [-0.05, 0) is 17.7 Å². The van der Waals surface area contributed by atoms with Gasteiger partial charge in [0, 0.05) is 16.5 Å². The van der Waals surface area contributed by atoms with Gasteiger partial charge in [0.2, 0.25) is 11.7 Å². The van der Waals surface area contributed by atoms with Crippen LogP contribution in [0.2, 0.25) is 0 Å². The highest BCUT2D eigenvalue weighted by molar-refractivity contribution is 9.10. The molecule has 0 amide bonds. The zero-order valence-electron chi connectivity index (χ0n) is 10.5. The first-order valence-electron chi connectivity index (χ1n) is 5.99.